The van der Waals surface area contributed by atoms with Gasteiger partial charge in [0.05, 0.1) is 0 Å². The molecule has 0 unspecified atom stereocenters. The Morgan fingerprint density at radius 1 is 0.744 bits per heavy atom. The van der Waals surface area contributed by atoms with Crippen LogP contribution in [0.3, 0.4) is 0 Å². The number of aromatic nitrogens is 2. The molecule has 4 aromatic heterocycles. The topological polar surface area (TPSA) is 38.9 Å². The highest BCUT2D eigenvalue weighted by Crippen LogP contribution is 2.49. The minimum absolute atomic E-state index is 0.643. The summed E-state index contributed by atoms with van der Waals surface area (Å²) in [5.74, 6) is 0.643. The molecule has 39 heavy (non-hydrogen) atoms. The summed E-state index contributed by atoms with van der Waals surface area (Å²) in [5, 5.41) is 3.43. The van der Waals surface area contributed by atoms with Crippen molar-refractivity contribution in [2.45, 2.75) is 25.7 Å². The van der Waals surface area contributed by atoms with E-state index in [4.69, 9.17) is 14.4 Å². The van der Waals surface area contributed by atoms with Crippen LogP contribution in [0.15, 0.2) is 101 Å². The number of hydrogen-bond donors (Lipinski definition) is 0. The predicted molar refractivity (Wildman–Crippen MR) is 163 cm³/mol. The molecule has 3 nitrogen and oxygen atoms in total. The molecule has 8 rings (SSSR count). The van der Waals surface area contributed by atoms with Crippen molar-refractivity contribution in [3.63, 3.8) is 0 Å². The molecule has 0 N–H and O–H groups in total. The Bertz CT molecular complexity index is 1910. The van der Waals surface area contributed by atoms with Gasteiger partial charge in [0.2, 0.25) is 5.89 Å². The largest absolute Gasteiger partial charge is 0.436 e. The predicted octanol–water partition coefficient (Wildman–Crippen LogP) is 10.0. The van der Waals surface area contributed by atoms with Gasteiger partial charge in [0.25, 0.3) is 0 Å². The van der Waals surface area contributed by atoms with Gasteiger partial charge in [-0.3, -0.25) is 4.98 Å². The van der Waals surface area contributed by atoms with E-state index in [1.807, 2.05) is 35.6 Å². The van der Waals surface area contributed by atoms with E-state index in [0.29, 0.717) is 5.89 Å². The first-order chi connectivity index (χ1) is 19.3. The number of nitrogens with zero attached hydrogens (tertiary/aromatic N) is 2. The zero-order chi connectivity index (χ0) is 25.8. The lowest BCUT2D eigenvalue weighted by atomic mass is 9.87. The van der Waals surface area contributed by atoms with Crippen LogP contribution in [-0.2, 0) is 12.8 Å². The second-order valence-electron chi connectivity index (χ2n) is 10.1. The molecule has 0 radical (unpaired) electrons. The van der Waals surface area contributed by atoms with E-state index in [9.17, 15) is 0 Å². The molecule has 188 valence electrons. The maximum atomic E-state index is 6.37. The first-order valence-electron chi connectivity index (χ1n) is 13.4. The molecule has 0 atom stereocenters. The molecule has 3 aromatic carbocycles. The van der Waals surface area contributed by atoms with Crippen LogP contribution < -0.4 is 0 Å². The summed E-state index contributed by atoms with van der Waals surface area (Å²) >= 11 is 3.62. The van der Waals surface area contributed by atoms with Crippen molar-refractivity contribution in [1.82, 2.24) is 9.97 Å². The molecule has 0 saturated carbocycles. The fourth-order valence-electron chi connectivity index (χ4n) is 5.79. The van der Waals surface area contributed by atoms with E-state index in [1.165, 1.54) is 55.1 Å². The Labute approximate surface area is 234 Å². The van der Waals surface area contributed by atoms with Gasteiger partial charge in [-0.15, -0.1) is 22.7 Å². The lowest BCUT2D eigenvalue weighted by Crippen LogP contribution is -2.05. The van der Waals surface area contributed by atoms with E-state index >= 15 is 0 Å². The van der Waals surface area contributed by atoms with Crippen molar-refractivity contribution in [1.29, 1.82) is 0 Å². The monoisotopic (exact) mass is 540 g/mol. The first kappa shape index (κ1) is 22.9. The average molecular weight is 541 g/mol. The highest BCUT2D eigenvalue weighted by atomic mass is 32.1. The van der Waals surface area contributed by atoms with Gasteiger partial charge in [-0.1, -0.05) is 42.5 Å². The molecule has 7 aromatic rings. The second-order valence-corrected chi connectivity index (χ2v) is 12.1. The van der Waals surface area contributed by atoms with Crippen molar-refractivity contribution >= 4 is 43.9 Å². The van der Waals surface area contributed by atoms with Gasteiger partial charge < -0.3 is 4.42 Å². The first-order valence-corrected chi connectivity index (χ1v) is 15.1. The lowest BCUT2D eigenvalue weighted by Gasteiger charge is -2.20. The van der Waals surface area contributed by atoms with Crippen LogP contribution in [-0.4, -0.2) is 9.97 Å². The number of hydrogen-bond acceptors (Lipinski definition) is 5. The lowest BCUT2D eigenvalue weighted by molar-refractivity contribution is 0.620. The standard InChI is InChI=1S/C34H24N2OS2/c1-3-10-26-21(8-1)18-23(20-35-26)32-25(34-36-27-11-4-5-12-28(27)37-34)16-15-24(33(32)30-14-7-17-38-30)31-19-22-9-2-6-13-29(22)39-31/h2,4-7,9,11-20H,1,3,8,10H2. The van der Waals surface area contributed by atoms with Crippen molar-refractivity contribution in [2.75, 3.05) is 0 Å². The van der Waals surface area contributed by atoms with Crippen LogP contribution >= 0.6 is 22.7 Å². The van der Waals surface area contributed by atoms with Crippen molar-refractivity contribution in [3.8, 4) is 43.5 Å². The number of aryl methyl sites for hydroxylation is 2. The zero-order valence-electron chi connectivity index (χ0n) is 21.2. The maximum absolute atomic E-state index is 6.37. The molecule has 0 fully saturated rings. The van der Waals surface area contributed by atoms with E-state index in [2.05, 4.69) is 72.2 Å². The molecule has 0 saturated heterocycles. The molecular weight excluding hydrogens is 517 g/mol. The Hall–Kier alpha value is -4.06. The zero-order valence-corrected chi connectivity index (χ0v) is 22.8. The molecule has 1 aliphatic carbocycles. The number of thiophene rings is 2. The molecule has 0 amide bonds. The molecule has 0 spiro atoms. The summed E-state index contributed by atoms with van der Waals surface area (Å²) in [5.41, 5.74) is 9.98. The van der Waals surface area contributed by atoms with E-state index in [1.54, 1.807) is 11.3 Å². The number of benzene rings is 3. The number of para-hydroxylation sites is 2. The van der Waals surface area contributed by atoms with Crippen LogP contribution in [0.4, 0.5) is 0 Å². The second kappa shape index (κ2) is 9.30. The average Bonchev–Trinajstić information content (AvgIpc) is 3.75. The summed E-state index contributed by atoms with van der Waals surface area (Å²) in [7, 11) is 0. The molecule has 4 heterocycles. The SMILES string of the molecule is c1csc(-c2c(-c3cc4ccccc4s3)ccc(-c3nc4ccccc4o3)c2-c2cnc3c(c2)CCCC3)c1. The highest BCUT2D eigenvalue weighted by Gasteiger charge is 2.24. The normalized spacial score (nSPS) is 13.2. The van der Waals surface area contributed by atoms with Crippen LogP contribution in [0.1, 0.15) is 24.1 Å². The van der Waals surface area contributed by atoms with Gasteiger partial charge in [-0.25, -0.2) is 4.98 Å². The van der Waals surface area contributed by atoms with Gasteiger partial charge in [0.15, 0.2) is 5.58 Å². The fourth-order valence-corrected chi connectivity index (χ4v) is 7.67. The Morgan fingerprint density at radius 3 is 2.51 bits per heavy atom. The Morgan fingerprint density at radius 2 is 1.62 bits per heavy atom. The van der Waals surface area contributed by atoms with Crippen molar-refractivity contribution in [3.05, 3.63) is 108 Å². The maximum Gasteiger partial charge on any atom is 0.227 e. The fraction of sp³-hybridized carbons (Fsp3) is 0.118. The molecule has 1 aliphatic rings. The van der Waals surface area contributed by atoms with E-state index in [0.717, 1.165) is 40.6 Å². The summed E-state index contributed by atoms with van der Waals surface area (Å²) in [6, 6.07) is 30.1. The number of fused-ring (bicyclic) bond motifs is 3. The molecule has 5 heteroatoms. The van der Waals surface area contributed by atoms with Gasteiger partial charge in [-0.2, -0.15) is 0 Å². The summed E-state index contributed by atoms with van der Waals surface area (Å²) in [4.78, 5) is 12.4. The van der Waals surface area contributed by atoms with Gasteiger partial charge in [0.1, 0.15) is 5.52 Å². The van der Waals surface area contributed by atoms with E-state index < -0.39 is 0 Å². The summed E-state index contributed by atoms with van der Waals surface area (Å²) in [6.45, 7) is 0. The third-order valence-electron chi connectivity index (χ3n) is 7.65. The van der Waals surface area contributed by atoms with Crippen molar-refractivity contribution in [2.24, 2.45) is 0 Å². The molecular formula is C34H24N2OS2. The smallest absolute Gasteiger partial charge is 0.227 e. The molecule has 0 bridgehead atoms. The van der Waals surface area contributed by atoms with Gasteiger partial charge in [0, 0.05) is 54.2 Å². The molecule has 0 aliphatic heterocycles. The van der Waals surface area contributed by atoms with Crippen LogP contribution in [0, 0.1) is 0 Å². The minimum Gasteiger partial charge on any atom is -0.436 e. The van der Waals surface area contributed by atoms with Gasteiger partial charge >= 0.3 is 0 Å². The van der Waals surface area contributed by atoms with E-state index in [-0.39, 0.29) is 0 Å². The summed E-state index contributed by atoms with van der Waals surface area (Å²) in [6.07, 6.45) is 6.65. The van der Waals surface area contributed by atoms with Crippen LogP contribution in [0.2, 0.25) is 0 Å². The van der Waals surface area contributed by atoms with Crippen LogP contribution in [0.25, 0.3) is 64.6 Å². The third-order valence-corrected chi connectivity index (χ3v) is 9.68. The van der Waals surface area contributed by atoms with Crippen LogP contribution in [0.5, 0.6) is 0 Å². The number of pyridine rings is 1. The summed E-state index contributed by atoms with van der Waals surface area (Å²) < 4.78 is 7.67. The minimum atomic E-state index is 0.643. The van der Waals surface area contributed by atoms with Gasteiger partial charge in [-0.05, 0) is 84.5 Å². The number of rotatable bonds is 4. The number of oxazole rings is 1. The Kier molecular flexibility index (Phi) is 5.45. The quantitative estimate of drug-likeness (QED) is 0.223. The van der Waals surface area contributed by atoms with Crippen molar-refractivity contribution < 1.29 is 4.42 Å². The Balaban J connectivity index is 1.45. The third kappa shape index (κ3) is 3.92. The highest BCUT2D eigenvalue weighted by molar-refractivity contribution is 7.22.